The van der Waals surface area contributed by atoms with Gasteiger partial charge in [-0.05, 0) is 31.2 Å². The number of thiazole rings is 1. The molecule has 1 N–H and O–H groups in total. The number of carboxylic acid groups (broad SMARTS) is 1. The minimum absolute atomic E-state index is 0.00336. The van der Waals surface area contributed by atoms with Crippen molar-refractivity contribution in [1.29, 1.82) is 0 Å². The number of esters is 1. The van der Waals surface area contributed by atoms with Gasteiger partial charge in [0.05, 0.1) is 50.5 Å². The molecule has 0 atom stereocenters. The Bertz CT molecular complexity index is 1950. The molecule has 0 fully saturated rings. The second-order valence-corrected chi connectivity index (χ2v) is 11.6. The molecule has 4 aromatic rings. The molecule has 2 amide bonds. The van der Waals surface area contributed by atoms with Gasteiger partial charge in [-0.2, -0.15) is 4.99 Å². The number of aryl methyl sites for hydroxylation is 1. The first-order chi connectivity index (χ1) is 22.4. The number of aromatic nitrogens is 4. The van der Waals surface area contributed by atoms with Gasteiger partial charge in [0.1, 0.15) is 16.6 Å². The number of halogens is 3. The second-order valence-electron chi connectivity index (χ2n) is 10.2. The van der Waals surface area contributed by atoms with Crippen molar-refractivity contribution in [2.45, 2.75) is 46.0 Å². The van der Waals surface area contributed by atoms with E-state index in [9.17, 15) is 28.0 Å². The maximum Gasteiger partial charge on any atom is 0.308 e. The van der Waals surface area contributed by atoms with Crippen LogP contribution in [0.25, 0.3) is 11.1 Å². The molecule has 0 spiro atoms. The van der Waals surface area contributed by atoms with Crippen molar-refractivity contribution in [2.24, 2.45) is 4.99 Å². The first-order valence-corrected chi connectivity index (χ1v) is 15.0. The summed E-state index contributed by atoms with van der Waals surface area (Å²) in [6, 6.07) is 5.56. The summed E-state index contributed by atoms with van der Waals surface area (Å²) in [4.78, 5) is 68.8. The molecule has 13 nitrogen and oxygen atoms in total. The number of nitrogens with zero attached hydrogens (tertiary/aromatic N) is 6. The summed E-state index contributed by atoms with van der Waals surface area (Å²) in [5, 5.41) is 9.08. The molecule has 1 aliphatic rings. The molecule has 244 valence electrons. The van der Waals surface area contributed by atoms with Crippen LogP contribution in [0.15, 0.2) is 47.8 Å². The van der Waals surface area contributed by atoms with Crippen molar-refractivity contribution in [3.63, 3.8) is 0 Å². The lowest BCUT2D eigenvalue weighted by Crippen LogP contribution is -2.29. The quantitative estimate of drug-likeness (QED) is 0.184. The van der Waals surface area contributed by atoms with Crippen molar-refractivity contribution in [3.8, 4) is 16.9 Å². The van der Waals surface area contributed by atoms with Gasteiger partial charge in [-0.3, -0.25) is 33.7 Å². The van der Waals surface area contributed by atoms with E-state index >= 15 is 0 Å². The molecule has 17 heteroatoms. The monoisotopic (exact) mass is 686 g/mol. The fourth-order valence-electron chi connectivity index (χ4n) is 4.69. The van der Waals surface area contributed by atoms with Crippen LogP contribution < -0.4 is 9.54 Å². The van der Waals surface area contributed by atoms with Crippen LogP contribution in [-0.4, -0.2) is 60.4 Å². The van der Waals surface area contributed by atoms with E-state index in [0.717, 1.165) is 23.6 Å². The molecule has 0 radical (unpaired) electrons. The standard InChI is InChI=1S/C30H25ClF2N6O7S/c1-15-7-17(18-8-24(31)36-11-22(18)45-2)19(10-34-15)28(43)37-30-39(14-46-26(42)6-5-25(40)41)21-12-38(13-23(21)47-30)29(44)20-4-3-16(9-35-20)27(32)33/h3-4,7-11,27H,5-6,12-14H2,1-2H3,(H,40,41). The lowest BCUT2D eigenvalue weighted by atomic mass is 10.0. The molecule has 0 saturated carbocycles. The third-order valence-electron chi connectivity index (χ3n) is 7.02. The van der Waals surface area contributed by atoms with Crippen LogP contribution in [0.2, 0.25) is 5.15 Å². The highest BCUT2D eigenvalue weighted by molar-refractivity contribution is 7.09. The molecule has 5 rings (SSSR count). The van der Waals surface area contributed by atoms with Crippen LogP contribution in [0.3, 0.4) is 0 Å². The van der Waals surface area contributed by atoms with Gasteiger partial charge < -0.3 is 19.5 Å². The van der Waals surface area contributed by atoms with Gasteiger partial charge in [0.25, 0.3) is 18.2 Å². The third kappa shape index (κ3) is 7.49. The van der Waals surface area contributed by atoms with Gasteiger partial charge in [0.15, 0.2) is 11.5 Å². The summed E-state index contributed by atoms with van der Waals surface area (Å²) in [6.45, 7) is 1.41. The van der Waals surface area contributed by atoms with Crippen molar-refractivity contribution in [3.05, 3.63) is 85.9 Å². The number of fused-ring (bicyclic) bond motifs is 1. The number of hydrogen-bond acceptors (Lipinski definition) is 10. The first kappa shape index (κ1) is 33.3. The van der Waals surface area contributed by atoms with E-state index in [4.69, 9.17) is 26.2 Å². The van der Waals surface area contributed by atoms with Gasteiger partial charge in [-0.1, -0.05) is 22.9 Å². The van der Waals surface area contributed by atoms with E-state index in [1.165, 1.54) is 35.0 Å². The van der Waals surface area contributed by atoms with Gasteiger partial charge >= 0.3 is 11.9 Å². The Kier molecular flexibility index (Phi) is 10.0. The predicted molar refractivity (Wildman–Crippen MR) is 162 cm³/mol. The van der Waals surface area contributed by atoms with Crippen LogP contribution in [-0.2, 0) is 34.1 Å². The summed E-state index contributed by atoms with van der Waals surface area (Å²) in [7, 11) is 1.45. The van der Waals surface area contributed by atoms with Gasteiger partial charge in [-0.25, -0.2) is 13.8 Å². The van der Waals surface area contributed by atoms with Gasteiger partial charge in [-0.15, -0.1) is 0 Å². The Morgan fingerprint density at radius 2 is 1.85 bits per heavy atom. The number of rotatable bonds is 10. The van der Waals surface area contributed by atoms with E-state index in [0.29, 0.717) is 33.1 Å². The molecule has 5 heterocycles. The molecule has 0 bridgehead atoms. The molecule has 0 unspecified atom stereocenters. The number of hydrogen-bond donors (Lipinski definition) is 1. The van der Waals surface area contributed by atoms with E-state index < -0.39 is 43.3 Å². The average molecular weight is 687 g/mol. The van der Waals surface area contributed by atoms with Crippen LogP contribution in [0.1, 0.15) is 61.9 Å². The van der Waals surface area contributed by atoms with Crippen molar-refractivity contribution < 1.29 is 42.5 Å². The Balaban J connectivity index is 1.50. The number of pyridine rings is 3. The van der Waals surface area contributed by atoms with Crippen molar-refractivity contribution >= 4 is 46.7 Å². The minimum Gasteiger partial charge on any atom is -0.494 e. The number of methoxy groups -OCH3 is 1. The second kappa shape index (κ2) is 14.1. The maximum atomic E-state index is 13.7. The largest absolute Gasteiger partial charge is 0.494 e. The minimum atomic E-state index is -2.73. The van der Waals surface area contributed by atoms with Crippen LogP contribution in [0.5, 0.6) is 5.75 Å². The van der Waals surface area contributed by atoms with E-state index in [-0.39, 0.29) is 46.3 Å². The Hall–Kier alpha value is -5.09. The van der Waals surface area contributed by atoms with E-state index in [1.54, 1.807) is 19.1 Å². The molecule has 0 aliphatic carbocycles. The molecule has 0 aromatic carbocycles. The SMILES string of the molecule is COc1cnc(Cl)cc1-c1cc(C)ncc1C(=O)N=c1sc2c(n1COC(=O)CCC(=O)O)CN(C(=O)c1ccc(C(F)F)cn1)C2. The number of ether oxygens (including phenoxy) is 2. The van der Waals surface area contributed by atoms with Crippen LogP contribution >= 0.6 is 22.9 Å². The highest BCUT2D eigenvalue weighted by atomic mass is 35.5. The average Bonchev–Trinajstić information content (AvgIpc) is 3.60. The summed E-state index contributed by atoms with van der Waals surface area (Å²) < 4.78 is 38.1. The normalized spacial score (nSPS) is 12.7. The van der Waals surface area contributed by atoms with Crippen molar-refractivity contribution in [2.75, 3.05) is 7.11 Å². The lowest BCUT2D eigenvalue weighted by Gasteiger charge is -2.16. The van der Waals surface area contributed by atoms with E-state index in [1.807, 2.05) is 0 Å². The highest BCUT2D eigenvalue weighted by Gasteiger charge is 2.31. The number of aliphatic carboxylic acids is 1. The highest BCUT2D eigenvalue weighted by Crippen LogP contribution is 2.34. The molecular formula is C30H25ClF2N6O7S. The lowest BCUT2D eigenvalue weighted by molar-refractivity contribution is -0.150. The number of carbonyl (C=O) groups is 4. The van der Waals surface area contributed by atoms with Crippen molar-refractivity contribution in [1.82, 2.24) is 24.4 Å². The van der Waals surface area contributed by atoms with Gasteiger partial charge in [0.2, 0.25) is 0 Å². The zero-order valence-electron chi connectivity index (χ0n) is 24.8. The number of alkyl halides is 2. The number of amides is 2. The molecule has 0 saturated heterocycles. The van der Waals surface area contributed by atoms with E-state index in [2.05, 4.69) is 19.9 Å². The predicted octanol–water partition coefficient (Wildman–Crippen LogP) is 4.57. The van der Waals surface area contributed by atoms with Crippen LogP contribution in [0.4, 0.5) is 8.78 Å². The zero-order chi connectivity index (χ0) is 33.8. The Morgan fingerprint density at radius 3 is 2.53 bits per heavy atom. The third-order valence-corrected chi connectivity index (χ3v) is 8.33. The topological polar surface area (TPSA) is 166 Å². The first-order valence-electron chi connectivity index (χ1n) is 13.8. The molecular weight excluding hydrogens is 662 g/mol. The number of carboxylic acids is 1. The Labute approximate surface area is 274 Å². The summed E-state index contributed by atoms with van der Waals surface area (Å²) in [5.41, 5.74) is 1.79. The molecule has 4 aromatic heterocycles. The Morgan fingerprint density at radius 1 is 1.06 bits per heavy atom. The maximum absolute atomic E-state index is 13.7. The molecule has 1 aliphatic heterocycles. The molecule has 47 heavy (non-hydrogen) atoms. The van der Waals surface area contributed by atoms with Crippen LogP contribution in [0, 0.1) is 6.92 Å². The summed E-state index contributed by atoms with van der Waals surface area (Å²) >= 11 is 7.23. The smallest absolute Gasteiger partial charge is 0.308 e. The fraction of sp³-hybridized carbons (Fsp3) is 0.267. The number of carbonyl (C=O) groups excluding carboxylic acids is 3. The zero-order valence-corrected chi connectivity index (χ0v) is 26.3. The fourth-order valence-corrected chi connectivity index (χ4v) is 5.98. The summed E-state index contributed by atoms with van der Waals surface area (Å²) in [6.07, 6.45) is 0.176. The summed E-state index contributed by atoms with van der Waals surface area (Å²) in [5.74, 6) is -2.82. The van der Waals surface area contributed by atoms with Gasteiger partial charge in [0, 0.05) is 39.7 Å².